The second-order valence-electron chi connectivity index (χ2n) is 6.42. The molecule has 0 radical (unpaired) electrons. The molecule has 1 aromatic heterocycles. The van der Waals surface area contributed by atoms with Crippen molar-refractivity contribution in [2.75, 3.05) is 19.0 Å². The number of Topliss-reactive ketones (excluding diaryl/α,β-unsaturated/α-hetero) is 1. The first kappa shape index (κ1) is 18.6. The number of hydrogen-bond donors (Lipinski definition) is 0. The van der Waals surface area contributed by atoms with Crippen LogP contribution in [0.5, 0.6) is 0 Å². The predicted octanol–water partition coefficient (Wildman–Crippen LogP) is 3.63. The maximum atomic E-state index is 12.3. The third kappa shape index (κ3) is 4.05. The van der Waals surface area contributed by atoms with Gasteiger partial charge >= 0.3 is 5.97 Å². The highest BCUT2D eigenvalue weighted by Crippen LogP contribution is 2.24. The van der Waals surface area contributed by atoms with E-state index in [2.05, 4.69) is 4.98 Å². The largest absolute Gasteiger partial charge is 0.457 e. The zero-order valence-electron chi connectivity index (χ0n) is 15.6. The van der Waals surface area contributed by atoms with Crippen LogP contribution in [0.2, 0.25) is 0 Å². The van der Waals surface area contributed by atoms with E-state index in [9.17, 15) is 9.59 Å². The Morgan fingerprint density at radius 1 is 1.12 bits per heavy atom. The van der Waals surface area contributed by atoms with E-state index in [4.69, 9.17) is 4.74 Å². The molecule has 1 aromatic carbocycles. The summed E-state index contributed by atoms with van der Waals surface area (Å²) in [4.78, 5) is 30.2. The SMILES string of the molecule is CC(=O)c1c(C)cc(C)c(COC(=O)c2ccc(N(C)C)nc2)c1C. The number of anilines is 1. The quantitative estimate of drug-likeness (QED) is 0.614. The minimum absolute atomic E-state index is 0.0195. The molecule has 132 valence electrons. The van der Waals surface area contributed by atoms with Crippen LogP contribution in [0.1, 0.15) is 49.9 Å². The highest BCUT2D eigenvalue weighted by Gasteiger charge is 2.16. The van der Waals surface area contributed by atoms with Crippen molar-refractivity contribution in [1.82, 2.24) is 4.98 Å². The predicted molar refractivity (Wildman–Crippen MR) is 98.3 cm³/mol. The van der Waals surface area contributed by atoms with Crippen molar-refractivity contribution >= 4 is 17.6 Å². The van der Waals surface area contributed by atoms with Crippen LogP contribution >= 0.6 is 0 Å². The van der Waals surface area contributed by atoms with Crippen molar-refractivity contribution in [2.24, 2.45) is 0 Å². The number of benzene rings is 1. The summed E-state index contributed by atoms with van der Waals surface area (Å²) in [6, 6.07) is 5.42. The molecule has 0 unspecified atom stereocenters. The molecular formula is C20H24N2O3. The lowest BCUT2D eigenvalue weighted by Crippen LogP contribution is -2.13. The Bertz CT molecular complexity index is 809. The topological polar surface area (TPSA) is 59.5 Å². The van der Waals surface area contributed by atoms with E-state index >= 15 is 0 Å². The van der Waals surface area contributed by atoms with Gasteiger partial charge in [-0.15, -0.1) is 0 Å². The Labute approximate surface area is 148 Å². The fourth-order valence-electron chi connectivity index (χ4n) is 2.98. The number of nitrogens with zero attached hydrogens (tertiary/aromatic N) is 2. The molecule has 0 N–H and O–H groups in total. The van der Waals surface area contributed by atoms with Gasteiger partial charge in [-0.05, 0) is 62.1 Å². The number of rotatable bonds is 5. The highest BCUT2D eigenvalue weighted by molar-refractivity contribution is 5.97. The summed E-state index contributed by atoms with van der Waals surface area (Å²) in [5, 5.41) is 0. The van der Waals surface area contributed by atoms with E-state index in [-0.39, 0.29) is 12.4 Å². The van der Waals surface area contributed by atoms with Crippen LogP contribution in [0.15, 0.2) is 24.4 Å². The van der Waals surface area contributed by atoms with E-state index in [1.54, 1.807) is 19.1 Å². The molecule has 0 amide bonds. The van der Waals surface area contributed by atoms with Crippen molar-refractivity contribution in [3.63, 3.8) is 0 Å². The Morgan fingerprint density at radius 3 is 2.32 bits per heavy atom. The van der Waals surface area contributed by atoms with Gasteiger partial charge in [0.1, 0.15) is 12.4 Å². The number of aryl methyl sites for hydroxylation is 2. The first-order valence-corrected chi connectivity index (χ1v) is 8.13. The van der Waals surface area contributed by atoms with Crippen molar-refractivity contribution < 1.29 is 14.3 Å². The Hall–Kier alpha value is -2.69. The second-order valence-corrected chi connectivity index (χ2v) is 6.42. The summed E-state index contributed by atoms with van der Waals surface area (Å²) in [6.07, 6.45) is 1.51. The van der Waals surface area contributed by atoms with E-state index in [0.717, 1.165) is 28.1 Å². The van der Waals surface area contributed by atoms with Gasteiger partial charge in [-0.3, -0.25) is 4.79 Å². The Morgan fingerprint density at radius 2 is 1.80 bits per heavy atom. The van der Waals surface area contributed by atoms with Crippen LogP contribution in [0, 0.1) is 20.8 Å². The molecule has 0 saturated heterocycles. The Kier molecular flexibility index (Phi) is 5.57. The molecule has 0 spiro atoms. The number of pyridine rings is 1. The lowest BCUT2D eigenvalue weighted by molar-refractivity contribution is 0.0471. The van der Waals surface area contributed by atoms with E-state index < -0.39 is 5.97 Å². The molecule has 0 aliphatic heterocycles. The minimum Gasteiger partial charge on any atom is -0.457 e. The first-order valence-electron chi connectivity index (χ1n) is 8.13. The fraction of sp³-hybridized carbons (Fsp3) is 0.350. The molecule has 0 aliphatic carbocycles. The summed E-state index contributed by atoms with van der Waals surface area (Å²) < 4.78 is 5.45. The van der Waals surface area contributed by atoms with Gasteiger partial charge < -0.3 is 9.64 Å². The average Bonchev–Trinajstić information content (AvgIpc) is 2.53. The highest BCUT2D eigenvalue weighted by atomic mass is 16.5. The first-order chi connectivity index (χ1) is 11.7. The lowest BCUT2D eigenvalue weighted by Gasteiger charge is -2.16. The molecule has 0 saturated carbocycles. The zero-order valence-corrected chi connectivity index (χ0v) is 15.6. The van der Waals surface area contributed by atoms with Gasteiger partial charge in [-0.2, -0.15) is 0 Å². The average molecular weight is 340 g/mol. The number of carbonyl (C=O) groups excluding carboxylic acids is 2. The number of esters is 1. The number of ether oxygens (including phenoxy) is 1. The number of carbonyl (C=O) groups is 2. The van der Waals surface area contributed by atoms with Crippen molar-refractivity contribution in [3.05, 3.63) is 57.8 Å². The van der Waals surface area contributed by atoms with Crippen molar-refractivity contribution in [3.8, 4) is 0 Å². The number of ketones is 1. The molecule has 0 aliphatic rings. The minimum atomic E-state index is -0.429. The van der Waals surface area contributed by atoms with Gasteiger partial charge in [0.2, 0.25) is 0 Å². The summed E-state index contributed by atoms with van der Waals surface area (Å²) >= 11 is 0. The second kappa shape index (κ2) is 7.47. The molecule has 0 bridgehead atoms. The van der Waals surface area contributed by atoms with Crippen molar-refractivity contribution in [1.29, 1.82) is 0 Å². The summed E-state index contributed by atoms with van der Waals surface area (Å²) in [7, 11) is 3.77. The third-order valence-electron chi connectivity index (χ3n) is 4.27. The van der Waals surface area contributed by atoms with Crippen molar-refractivity contribution in [2.45, 2.75) is 34.3 Å². The van der Waals surface area contributed by atoms with Crippen LogP contribution in [0.4, 0.5) is 5.82 Å². The Balaban J connectivity index is 2.19. The van der Waals surface area contributed by atoms with Gasteiger partial charge in [0.05, 0.1) is 5.56 Å². The van der Waals surface area contributed by atoms with Crippen LogP contribution in [-0.2, 0) is 11.3 Å². The normalized spacial score (nSPS) is 10.5. The molecule has 0 atom stereocenters. The summed E-state index contributed by atoms with van der Waals surface area (Å²) in [5.74, 6) is 0.362. The van der Waals surface area contributed by atoms with Gasteiger partial charge in [0.15, 0.2) is 5.78 Å². The van der Waals surface area contributed by atoms with Crippen LogP contribution in [0.25, 0.3) is 0 Å². The van der Waals surface area contributed by atoms with Gasteiger partial charge in [-0.25, -0.2) is 9.78 Å². The molecule has 5 nitrogen and oxygen atoms in total. The monoisotopic (exact) mass is 340 g/mol. The molecule has 5 heteroatoms. The lowest BCUT2D eigenvalue weighted by atomic mass is 9.92. The maximum Gasteiger partial charge on any atom is 0.340 e. The summed E-state index contributed by atoms with van der Waals surface area (Å²) in [6.45, 7) is 7.46. The van der Waals surface area contributed by atoms with Crippen LogP contribution < -0.4 is 4.90 Å². The smallest absolute Gasteiger partial charge is 0.340 e. The molecule has 25 heavy (non-hydrogen) atoms. The third-order valence-corrected chi connectivity index (χ3v) is 4.27. The molecular weight excluding hydrogens is 316 g/mol. The standard InChI is InChI=1S/C20H24N2O3/c1-12-9-13(2)19(15(4)23)14(3)17(12)11-25-20(24)16-7-8-18(21-10-16)22(5)6/h7-10H,11H2,1-6H3. The summed E-state index contributed by atoms with van der Waals surface area (Å²) in [5.41, 5.74) is 4.81. The fourth-order valence-corrected chi connectivity index (χ4v) is 2.98. The molecule has 1 heterocycles. The zero-order chi connectivity index (χ0) is 18.7. The van der Waals surface area contributed by atoms with Gasteiger partial charge in [-0.1, -0.05) is 6.07 Å². The van der Waals surface area contributed by atoms with Gasteiger partial charge in [0, 0.05) is 25.9 Å². The number of aromatic nitrogens is 1. The van der Waals surface area contributed by atoms with Crippen LogP contribution in [0.3, 0.4) is 0 Å². The molecule has 2 rings (SSSR count). The van der Waals surface area contributed by atoms with Gasteiger partial charge in [0.25, 0.3) is 0 Å². The van der Waals surface area contributed by atoms with E-state index in [1.165, 1.54) is 6.20 Å². The number of hydrogen-bond acceptors (Lipinski definition) is 5. The molecule has 2 aromatic rings. The van der Waals surface area contributed by atoms with E-state index in [1.807, 2.05) is 45.8 Å². The van der Waals surface area contributed by atoms with Crippen LogP contribution in [-0.4, -0.2) is 30.8 Å². The molecule has 0 fully saturated rings. The van der Waals surface area contributed by atoms with E-state index in [0.29, 0.717) is 11.1 Å². The maximum absolute atomic E-state index is 12.3.